The van der Waals surface area contributed by atoms with Crippen molar-refractivity contribution in [3.8, 4) is 17.2 Å². The van der Waals surface area contributed by atoms with E-state index in [0.717, 1.165) is 50.6 Å². The van der Waals surface area contributed by atoms with Gasteiger partial charge in [0.15, 0.2) is 0 Å². The Hall–Kier alpha value is -2.51. The van der Waals surface area contributed by atoms with Gasteiger partial charge in [-0.25, -0.2) is 0 Å². The molecule has 0 aliphatic heterocycles. The van der Waals surface area contributed by atoms with Crippen LogP contribution in [0.15, 0.2) is 54.6 Å². The van der Waals surface area contributed by atoms with E-state index in [9.17, 15) is 0 Å². The Balaban J connectivity index is 2.43. The molecule has 0 aliphatic rings. The van der Waals surface area contributed by atoms with Gasteiger partial charge in [0.25, 0.3) is 0 Å². The average Bonchev–Trinajstić information content (AvgIpc) is 2.85. The summed E-state index contributed by atoms with van der Waals surface area (Å²) in [5.41, 5.74) is 5.90. The summed E-state index contributed by atoms with van der Waals surface area (Å²) in [7, 11) is -1.97. The van der Waals surface area contributed by atoms with E-state index in [1.807, 2.05) is 0 Å². The zero-order chi connectivity index (χ0) is 35.3. The predicted octanol–water partition coefficient (Wildman–Crippen LogP) is 13.2. The van der Waals surface area contributed by atoms with Crippen LogP contribution in [-0.4, -0.2) is 0 Å². The van der Waals surface area contributed by atoms with Crippen molar-refractivity contribution in [1.29, 1.82) is 0 Å². The van der Waals surface area contributed by atoms with Crippen molar-refractivity contribution in [2.45, 2.75) is 157 Å². The first-order chi connectivity index (χ1) is 20.6. The second-order valence-corrected chi connectivity index (χ2v) is 20.0. The fraction of sp³-hybridized carbons (Fsp3) is 0.571. The maximum Gasteiger partial charge on any atom is 0.530 e. The van der Waals surface area contributed by atoms with E-state index in [2.05, 4.69) is 179 Å². The van der Waals surface area contributed by atoms with Crippen LogP contribution in [0.4, 0.5) is 0 Å². The van der Waals surface area contributed by atoms with Gasteiger partial charge in [-0.05, 0) is 32.5 Å². The first-order valence-electron chi connectivity index (χ1n) is 16.9. The highest BCUT2D eigenvalue weighted by molar-refractivity contribution is 7.43. The van der Waals surface area contributed by atoms with Crippen molar-refractivity contribution in [1.82, 2.24) is 0 Å². The molecule has 0 radical (unpaired) electrons. The summed E-state index contributed by atoms with van der Waals surface area (Å²) in [6, 6.07) is 19.6. The van der Waals surface area contributed by atoms with E-state index in [-0.39, 0.29) is 32.5 Å². The van der Waals surface area contributed by atoms with Crippen LogP contribution in [0.25, 0.3) is 0 Å². The monoisotopic (exact) mass is 646 g/mol. The van der Waals surface area contributed by atoms with Gasteiger partial charge in [-0.2, -0.15) is 0 Å². The highest BCUT2D eigenvalue weighted by Crippen LogP contribution is 2.54. The molecule has 0 fully saturated rings. The third-order valence-electron chi connectivity index (χ3n) is 8.39. The van der Waals surface area contributed by atoms with Gasteiger partial charge in [-0.15, -0.1) is 0 Å². The second kappa shape index (κ2) is 12.8. The van der Waals surface area contributed by atoms with Gasteiger partial charge in [-0.3, -0.25) is 0 Å². The Bertz CT molecular complexity index is 1230. The minimum Gasteiger partial charge on any atom is -0.408 e. The molecule has 0 aromatic heterocycles. The highest BCUT2D eigenvalue weighted by Gasteiger charge is 2.37. The van der Waals surface area contributed by atoms with Crippen LogP contribution in [-0.2, 0) is 32.5 Å². The van der Waals surface area contributed by atoms with Crippen LogP contribution < -0.4 is 13.6 Å². The van der Waals surface area contributed by atoms with Gasteiger partial charge < -0.3 is 13.6 Å². The number of para-hydroxylation sites is 3. The second-order valence-electron chi connectivity index (χ2n) is 19.0. The summed E-state index contributed by atoms with van der Waals surface area (Å²) in [4.78, 5) is 0. The molecule has 0 N–H and O–H groups in total. The van der Waals surface area contributed by atoms with Crippen LogP contribution in [0, 0.1) is 0 Å². The molecule has 0 saturated carbocycles. The standard InChI is InChI=1S/C42H63O3P/c1-37(2,3)28-22-19-23-29(38(4,5)6)34(28)43-46(44-35-30(39(7,8)9)24-20-25-31(35)40(10,11)12)45-36-32(41(13,14)15)26-21-27-33(36)42(16,17)18/h19-27H,1-18H3. The zero-order valence-corrected chi connectivity index (χ0v) is 33.3. The van der Waals surface area contributed by atoms with Crippen molar-refractivity contribution in [3.63, 3.8) is 0 Å². The largest absolute Gasteiger partial charge is 0.530 e. The molecule has 4 heteroatoms. The number of benzene rings is 3. The van der Waals surface area contributed by atoms with E-state index < -0.39 is 8.60 Å². The Labute approximate surface area is 283 Å². The number of hydrogen-bond acceptors (Lipinski definition) is 3. The molecule has 3 aromatic rings. The maximum absolute atomic E-state index is 7.23. The van der Waals surface area contributed by atoms with Gasteiger partial charge in [0.2, 0.25) is 0 Å². The molecule has 0 saturated heterocycles. The van der Waals surface area contributed by atoms with Crippen molar-refractivity contribution < 1.29 is 13.6 Å². The maximum atomic E-state index is 7.23. The normalized spacial score (nSPS) is 13.6. The predicted molar refractivity (Wildman–Crippen MR) is 200 cm³/mol. The Morgan fingerprint density at radius 2 is 0.457 bits per heavy atom. The van der Waals surface area contributed by atoms with E-state index >= 15 is 0 Å². The lowest BCUT2D eigenvalue weighted by atomic mass is 9.79. The summed E-state index contributed by atoms with van der Waals surface area (Å²) < 4.78 is 21.7. The number of rotatable bonds is 6. The molecule has 46 heavy (non-hydrogen) atoms. The Kier molecular flexibility index (Phi) is 10.6. The zero-order valence-electron chi connectivity index (χ0n) is 32.4. The first-order valence-corrected chi connectivity index (χ1v) is 18.0. The molecule has 0 atom stereocenters. The molecule has 0 bridgehead atoms. The van der Waals surface area contributed by atoms with Crippen molar-refractivity contribution >= 4 is 8.60 Å². The minimum atomic E-state index is -1.97. The van der Waals surface area contributed by atoms with Crippen molar-refractivity contribution in [2.75, 3.05) is 0 Å². The summed E-state index contributed by atoms with van der Waals surface area (Å²) in [6.07, 6.45) is 0. The van der Waals surface area contributed by atoms with E-state index in [0.29, 0.717) is 0 Å². The third kappa shape index (κ3) is 8.89. The van der Waals surface area contributed by atoms with E-state index in [1.165, 1.54) is 0 Å². The Morgan fingerprint density at radius 1 is 0.304 bits per heavy atom. The van der Waals surface area contributed by atoms with Crippen molar-refractivity contribution in [3.05, 3.63) is 88.0 Å². The molecular formula is C42H63O3P. The lowest BCUT2D eigenvalue weighted by molar-refractivity contribution is 0.358. The molecule has 0 heterocycles. The minimum absolute atomic E-state index is 0.155. The molecule has 0 aliphatic carbocycles. The van der Waals surface area contributed by atoms with Crippen LogP contribution in [0.1, 0.15) is 158 Å². The molecular weight excluding hydrogens is 583 g/mol. The first kappa shape index (κ1) is 37.9. The molecule has 0 spiro atoms. The highest BCUT2D eigenvalue weighted by atomic mass is 31.2. The number of hydrogen-bond donors (Lipinski definition) is 0. The Morgan fingerprint density at radius 3 is 0.587 bits per heavy atom. The third-order valence-corrected chi connectivity index (χ3v) is 9.39. The molecule has 3 aromatic carbocycles. The lowest BCUT2D eigenvalue weighted by Gasteiger charge is -2.34. The smallest absolute Gasteiger partial charge is 0.408 e. The molecule has 254 valence electrons. The quantitative estimate of drug-likeness (QED) is 0.249. The van der Waals surface area contributed by atoms with E-state index in [4.69, 9.17) is 13.6 Å². The lowest BCUT2D eigenvalue weighted by Crippen LogP contribution is -2.23. The summed E-state index contributed by atoms with van der Waals surface area (Å²) in [5.74, 6) is 2.55. The van der Waals surface area contributed by atoms with Gasteiger partial charge in [0, 0.05) is 33.4 Å². The van der Waals surface area contributed by atoms with Gasteiger partial charge in [-0.1, -0.05) is 179 Å². The van der Waals surface area contributed by atoms with Gasteiger partial charge in [0.1, 0.15) is 17.2 Å². The summed E-state index contributed by atoms with van der Waals surface area (Å²) >= 11 is 0. The topological polar surface area (TPSA) is 27.7 Å². The molecule has 0 unspecified atom stereocenters. The SMILES string of the molecule is CC(C)(C)c1cccc(C(C)(C)C)c1OP(Oc1c(C(C)(C)C)cccc1C(C)(C)C)Oc1c(C(C)(C)C)cccc1C(C)(C)C. The fourth-order valence-electron chi connectivity index (χ4n) is 5.73. The molecule has 3 rings (SSSR count). The molecule has 3 nitrogen and oxygen atoms in total. The van der Waals surface area contributed by atoms with Crippen molar-refractivity contribution in [2.24, 2.45) is 0 Å². The van der Waals surface area contributed by atoms with Crippen LogP contribution >= 0.6 is 8.60 Å². The van der Waals surface area contributed by atoms with Crippen LogP contribution in [0.2, 0.25) is 0 Å². The van der Waals surface area contributed by atoms with Gasteiger partial charge >= 0.3 is 8.60 Å². The van der Waals surface area contributed by atoms with Gasteiger partial charge in [0.05, 0.1) is 0 Å². The average molecular weight is 647 g/mol. The van der Waals surface area contributed by atoms with E-state index in [1.54, 1.807) is 0 Å². The molecule has 0 amide bonds. The van der Waals surface area contributed by atoms with Crippen LogP contribution in [0.3, 0.4) is 0 Å². The fourth-order valence-corrected chi connectivity index (χ4v) is 6.88. The van der Waals surface area contributed by atoms with Crippen LogP contribution in [0.5, 0.6) is 17.2 Å². The summed E-state index contributed by atoms with van der Waals surface area (Å²) in [6.45, 7) is 40.3. The summed E-state index contributed by atoms with van der Waals surface area (Å²) in [5, 5.41) is 0.